The summed E-state index contributed by atoms with van der Waals surface area (Å²) in [5.74, 6) is -1.03. The van der Waals surface area contributed by atoms with Crippen molar-refractivity contribution in [1.29, 1.82) is 0 Å². The van der Waals surface area contributed by atoms with Crippen LogP contribution in [0.1, 0.15) is 32.1 Å². The van der Waals surface area contributed by atoms with Gasteiger partial charge in [-0.2, -0.15) is 13.2 Å². The van der Waals surface area contributed by atoms with Crippen LogP contribution < -0.4 is 5.32 Å². The number of hydrogen-bond donors (Lipinski definition) is 1. The van der Waals surface area contributed by atoms with E-state index in [2.05, 4.69) is 5.32 Å². The fourth-order valence-electron chi connectivity index (χ4n) is 2.90. The van der Waals surface area contributed by atoms with Crippen molar-refractivity contribution in [3.63, 3.8) is 0 Å². The molecule has 0 radical (unpaired) electrons. The molecule has 0 bridgehead atoms. The fraction of sp³-hybridized carbons (Fsp3) is 1.00. The topological polar surface area (TPSA) is 12.0 Å². The Kier molecular flexibility index (Phi) is 2.50. The predicted molar refractivity (Wildman–Crippen MR) is 47.9 cm³/mol. The van der Waals surface area contributed by atoms with E-state index in [1.165, 1.54) is 0 Å². The van der Waals surface area contributed by atoms with Gasteiger partial charge in [-0.15, -0.1) is 0 Å². The standard InChI is InChI=1S/C10H16F3N/c11-10(12,13)8-1-2-9(7-8)3-5-14-6-4-9/h8,14H,1-7H2. The van der Waals surface area contributed by atoms with Gasteiger partial charge in [0.25, 0.3) is 0 Å². The Hall–Kier alpha value is -0.250. The largest absolute Gasteiger partial charge is 0.391 e. The lowest BCUT2D eigenvalue weighted by molar-refractivity contribution is -0.174. The first-order valence-electron chi connectivity index (χ1n) is 5.29. The second-order valence-electron chi connectivity index (χ2n) is 4.73. The normalized spacial score (nSPS) is 32.4. The van der Waals surface area contributed by atoms with Gasteiger partial charge in [0.05, 0.1) is 5.92 Å². The Bertz CT molecular complexity index is 206. The number of piperidine rings is 1. The van der Waals surface area contributed by atoms with Gasteiger partial charge in [0.2, 0.25) is 0 Å². The molecule has 0 amide bonds. The van der Waals surface area contributed by atoms with Crippen molar-refractivity contribution in [3.05, 3.63) is 0 Å². The molecule has 1 unspecified atom stereocenters. The Labute approximate surface area is 82.1 Å². The van der Waals surface area contributed by atoms with Crippen molar-refractivity contribution in [2.24, 2.45) is 11.3 Å². The highest BCUT2D eigenvalue weighted by Gasteiger charge is 2.50. The smallest absolute Gasteiger partial charge is 0.317 e. The van der Waals surface area contributed by atoms with E-state index in [1.54, 1.807) is 0 Å². The van der Waals surface area contributed by atoms with Crippen molar-refractivity contribution in [2.75, 3.05) is 13.1 Å². The van der Waals surface area contributed by atoms with E-state index in [4.69, 9.17) is 0 Å². The number of nitrogens with one attached hydrogen (secondary N) is 1. The lowest BCUT2D eigenvalue weighted by Gasteiger charge is -2.34. The summed E-state index contributed by atoms with van der Waals surface area (Å²) in [6.45, 7) is 1.79. The molecule has 0 aromatic carbocycles. The van der Waals surface area contributed by atoms with Crippen LogP contribution in [-0.2, 0) is 0 Å². The summed E-state index contributed by atoms with van der Waals surface area (Å²) in [4.78, 5) is 0. The average Bonchev–Trinajstić information content (AvgIpc) is 2.50. The Morgan fingerprint density at radius 3 is 2.21 bits per heavy atom. The Morgan fingerprint density at radius 1 is 1.07 bits per heavy atom. The molecule has 2 rings (SSSR count). The zero-order chi connectivity index (χ0) is 10.2. The Morgan fingerprint density at radius 2 is 1.71 bits per heavy atom. The van der Waals surface area contributed by atoms with Crippen molar-refractivity contribution in [2.45, 2.75) is 38.3 Å². The first-order chi connectivity index (χ1) is 6.52. The monoisotopic (exact) mass is 207 g/mol. The van der Waals surface area contributed by atoms with Gasteiger partial charge in [-0.1, -0.05) is 0 Å². The molecule has 14 heavy (non-hydrogen) atoms. The predicted octanol–water partition coefficient (Wildman–Crippen LogP) is 2.72. The number of rotatable bonds is 0. The van der Waals surface area contributed by atoms with Crippen LogP contribution in [0.25, 0.3) is 0 Å². The van der Waals surface area contributed by atoms with Crippen LogP contribution in [0.15, 0.2) is 0 Å². The van der Waals surface area contributed by atoms with E-state index < -0.39 is 12.1 Å². The van der Waals surface area contributed by atoms with Gasteiger partial charge in [0.15, 0.2) is 0 Å². The summed E-state index contributed by atoms with van der Waals surface area (Å²) in [6, 6.07) is 0. The molecule has 1 aliphatic carbocycles. The number of alkyl halides is 3. The van der Waals surface area contributed by atoms with Gasteiger partial charge >= 0.3 is 6.18 Å². The van der Waals surface area contributed by atoms with Crippen molar-refractivity contribution >= 4 is 0 Å². The van der Waals surface area contributed by atoms with Gasteiger partial charge < -0.3 is 5.32 Å². The van der Waals surface area contributed by atoms with Crippen LogP contribution in [0.5, 0.6) is 0 Å². The SMILES string of the molecule is FC(F)(F)C1CCC2(CCNCC2)C1. The van der Waals surface area contributed by atoms with E-state index in [9.17, 15) is 13.2 Å². The van der Waals surface area contributed by atoms with E-state index in [0.717, 1.165) is 32.4 Å². The van der Waals surface area contributed by atoms with Crippen molar-refractivity contribution < 1.29 is 13.2 Å². The molecule has 2 fully saturated rings. The average molecular weight is 207 g/mol. The molecular formula is C10H16F3N. The zero-order valence-corrected chi connectivity index (χ0v) is 8.16. The van der Waals surface area contributed by atoms with Gasteiger partial charge in [0, 0.05) is 0 Å². The molecule has 1 saturated heterocycles. The number of halogens is 3. The zero-order valence-electron chi connectivity index (χ0n) is 8.16. The molecule has 2 aliphatic rings. The van der Waals surface area contributed by atoms with Gasteiger partial charge in [-0.25, -0.2) is 0 Å². The third-order valence-corrected chi connectivity index (χ3v) is 3.83. The summed E-state index contributed by atoms with van der Waals surface area (Å²) in [5, 5.41) is 3.21. The second-order valence-corrected chi connectivity index (χ2v) is 4.73. The summed E-state index contributed by atoms with van der Waals surface area (Å²) in [6.07, 6.45) is -0.603. The van der Waals surface area contributed by atoms with Crippen LogP contribution >= 0.6 is 0 Å². The Balaban J connectivity index is 1.99. The molecule has 1 nitrogen and oxygen atoms in total. The molecule has 1 aliphatic heterocycles. The molecule has 1 N–H and O–H groups in total. The maximum Gasteiger partial charge on any atom is 0.391 e. The first-order valence-corrected chi connectivity index (χ1v) is 5.29. The maximum absolute atomic E-state index is 12.5. The van der Waals surface area contributed by atoms with Crippen LogP contribution in [0.3, 0.4) is 0 Å². The van der Waals surface area contributed by atoms with Crippen molar-refractivity contribution in [1.82, 2.24) is 5.32 Å². The minimum Gasteiger partial charge on any atom is -0.317 e. The van der Waals surface area contributed by atoms with E-state index in [-0.39, 0.29) is 5.41 Å². The minimum absolute atomic E-state index is 0.0193. The highest BCUT2D eigenvalue weighted by Crippen LogP contribution is 2.52. The van der Waals surface area contributed by atoms with Crippen LogP contribution in [0, 0.1) is 11.3 Å². The number of hydrogen-bond acceptors (Lipinski definition) is 1. The van der Waals surface area contributed by atoms with E-state index in [0.29, 0.717) is 12.8 Å². The van der Waals surface area contributed by atoms with Gasteiger partial charge in [-0.05, 0) is 50.6 Å². The third-order valence-electron chi connectivity index (χ3n) is 3.83. The van der Waals surface area contributed by atoms with Gasteiger partial charge in [0.1, 0.15) is 0 Å². The lowest BCUT2D eigenvalue weighted by Crippen LogP contribution is -2.35. The second kappa shape index (κ2) is 3.40. The highest BCUT2D eigenvalue weighted by atomic mass is 19.4. The molecule has 1 spiro atoms. The molecule has 4 heteroatoms. The minimum atomic E-state index is -3.96. The third kappa shape index (κ3) is 1.90. The molecule has 1 heterocycles. The maximum atomic E-state index is 12.5. The van der Waals surface area contributed by atoms with E-state index in [1.807, 2.05) is 0 Å². The molecule has 0 aromatic rings. The lowest BCUT2D eigenvalue weighted by atomic mass is 9.77. The highest BCUT2D eigenvalue weighted by molar-refractivity contribution is 4.94. The van der Waals surface area contributed by atoms with Gasteiger partial charge in [-0.3, -0.25) is 0 Å². The molecule has 82 valence electrons. The quantitative estimate of drug-likeness (QED) is 0.644. The van der Waals surface area contributed by atoms with Crippen LogP contribution in [0.2, 0.25) is 0 Å². The summed E-state index contributed by atoms with van der Waals surface area (Å²) in [7, 11) is 0. The summed E-state index contributed by atoms with van der Waals surface area (Å²) < 4.78 is 37.4. The van der Waals surface area contributed by atoms with Crippen LogP contribution in [0.4, 0.5) is 13.2 Å². The first kappa shape index (κ1) is 10.3. The molecule has 0 aromatic heterocycles. The van der Waals surface area contributed by atoms with Crippen LogP contribution in [-0.4, -0.2) is 19.3 Å². The summed E-state index contributed by atoms with van der Waals surface area (Å²) >= 11 is 0. The molecule has 1 atom stereocenters. The van der Waals surface area contributed by atoms with E-state index >= 15 is 0 Å². The van der Waals surface area contributed by atoms with Crippen molar-refractivity contribution in [3.8, 4) is 0 Å². The summed E-state index contributed by atoms with van der Waals surface area (Å²) in [5.41, 5.74) is 0.0193. The molecule has 1 saturated carbocycles. The fourth-order valence-corrected chi connectivity index (χ4v) is 2.90. The molecular weight excluding hydrogens is 191 g/mol.